The van der Waals surface area contributed by atoms with E-state index in [-0.39, 0.29) is 0 Å². The lowest BCUT2D eigenvalue weighted by atomic mass is 10.0. The SMILES string of the molecule is C[Si](C)(C)c1ccc(-n2c3ccccc3c3cc(-c4ccc5c6ccccc6n(-c6cc(-c7ccccc7)cc(-c7ccccc7)n6)c5c4)ccc32)cc1. The van der Waals surface area contributed by atoms with Gasteiger partial charge in [0.05, 0.1) is 35.8 Å². The first kappa shape index (κ1) is 32.2. The largest absolute Gasteiger partial charge is 0.309 e. The summed E-state index contributed by atoms with van der Waals surface area (Å²) in [5.74, 6) is 0.900. The summed E-state index contributed by atoms with van der Waals surface area (Å²) in [6.07, 6.45) is 0. The zero-order valence-corrected chi connectivity index (χ0v) is 31.7. The van der Waals surface area contributed by atoms with E-state index >= 15 is 0 Å². The van der Waals surface area contributed by atoms with Crippen molar-refractivity contribution in [3.63, 3.8) is 0 Å². The summed E-state index contributed by atoms with van der Waals surface area (Å²) < 4.78 is 4.76. The van der Waals surface area contributed by atoms with Crippen LogP contribution in [0.3, 0.4) is 0 Å². The lowest BCUT2D eigenvalue weighted by Crippen LogP contribution is -2.37. The highest BCUT2D eigenvalue weighted by Gasteiger charge is 2.19. The first-order valence-electron chi connectivity index (χ1n) is 18.7. The van der Waals surface area contributed by atoms with Crippen molar-refractivity contribution in [2.24, 2.45) is 0 Å². The van der Waals surface area contributed by atoms with Gasteiger partial charge in [0, 0.05) is 32.8 Å². The molecule has 54 heavy (non-hydrogen) atoms. The highest BCUT2D eigenvalue weighted by atomic mass is 28.3. The van der Waals surface area contributed by atoms with E-state index in [1.807, 2.05) is 0 Å². The molecule has 0 saturated heterocycles. The van der Waals surface area contributed by atoms with E-state index in [2.05, 4.69) is 211 Å². The van der Waals surface area contributed by atoms with Crippen molar-refractivity contribution in [2.75, 3.05) is 0 Å². The molecular formula is C50H39N3Si. The number of pyridine rings is 1. The molecule has 0 spiro atoms. The molecule has 7 aromatic carbocycles. The third-order valence-electron chi connectivity index (χ3n) is 10.9. The van der Waals surface area contributed by atoms with Gasteiger partial charge in [-0.3, -0.25) is 4.57 Å². The number of para-hydroxylation sites is 2. The van der Waals surface area contributed by atoms with Gasteiger partial charge in [-0.1, -0.05) is 152 Å². The first-order chi connectivity index (χ1) is 26.4. The average Bonchev–Trinajstić information content (AvgIpc) is 3.73. The van der Waals surface area contributed by atoms with Crippen LogP contribution in [-0.2, 0) is 0 Å². The summed E-state index contributed by atoms with van der Waals surface area (Å²) in [6.45, 7) is 7.21. The lowest BCUT2D eigenvalue weighted by Gasteiger charge is -2.17. The Morgan fingerprint density at radius 2 is 0.926 bits per heavy atom. The van der Waals surface area contributed by atoms with Gasteiger partial charge in [-0.15, -0.1) is 0 Å². The number of nitrogens with zero attached hydrogens (tertiary/aromatic N) is 3. The Morgan fingerprint density at radius 3 is 1.63 bits per heavy atom. The summed E-state index contributed by atoms with van der Waals surface area (Å²) in [6, 6.07) is 66.2. The van der Waals surface area contributed by atoms with Crippen molar-refractivity contribution < 1.29 is 0 Å². The van der Waals surface area contributed by atoms with Crippen molar-refractivity contribution in [2.45, 2.75) is 19.6 Å². The number of hydrogen-bond acceptors (Lipinski definition) is 1. The third-order valence-corrected chi connectivity index (χ3v) is 13.0. The average molecular weight is 710 g/mol. The van der Waals surface area contributed by atoms with Crippen molar-refractivity contribution in [1.82, 2.24) is 14.1 Å². The van der Waals surface area contributed by atoms with Crippen LogP contribution in [0.4, 0.5) is 0 Å². The Kier molecular flexibility index (Phi) is 7.50. The van der Waals surface area contributed by atoms with Gasteiger partial charge in [0.25, 0.3) is 0 Å². The zero-order valence-electron chi connectivity index (χ0n) is 30.7. The minimum atomic E-state index is -1.40. The molecule has 0 radical (unpaired) electrons. The fraction of sp³-hybridized carbons (Fsp3) is 0.0600. The van der Waals surface area contributed by atoms with Crippen LogP contribution in [0.5, 0.6) is 0 Å². The zero-order chi connectivity index (χ0) is 36.4. The number of rotatable bonds is 6. The number of fused-ring (bicyclic) bond motifs is 6. The maximum atomic E-state index is 5.36. The third kappa shape index (κ3) is 5.37. The molecule has 3 nitrogen and oxygen atoms in total. The van der Waals surface area contributed by atoms with E-state index in [0.717, 1.165) is 33.7 Å². The van der Waals surface area contributed by atoms with Gasteiger partial charge in [0.2, 0.25) is 0 Å². The maximum absolute atomic E-state index is 5.36. The van der Waals surface area contributed by atoms with E-state index in [9.17, 15) is 0 Å². The fourth-order valence-electron chi connectivity index (χ4n) is 8.12. The normalized spacial score (nSPS) is 12.0. The molecular weight excluding hydrogens is 671 g/mol. The minimum Gasteiger partial charge on any atom is -0.309 e. The van der Waals surface area contributed by atoms with Crippen LogP contribution >= 0.6 is 0 Å². The smallest absolute Gasteiger partial charge is 0.138 e. The Balaban J connectivity index is 1.17. The van der Waals surface area contributed by atoms with E-state index in [0.29, 0.717) is 0 Å². The molecule has 0 amide bonds. The molecule has 258 valence electrons. The van der Waals surface area contributed by atoms with Crippen molar-refractivity contribution in [3.8, 4) is 45.0 Å². The van der Waals surface area contributed by atoms with Crippen LogP contribution in [0.2, 0.25) is 19.6 Å². The number of aromatic nitrogens is 3. The molecule has 0 saturated carbocycles. The van der Waals surface area contributed by atoms with Gasteiger partial charge in [-0.2, -0.15) is 0 Å². The summed E-state index contributed by atoms with van der Waals surface area (Å²) in [4.78, 5) is 5.36. The number of benzene rings is 7. The highest BCUT2D eigenvalue weighted by Crippen LogP contribution is 2.39. The molecule has 0 aliphatic heterocycles. The Bertz CT molecular complexity index is 2950. The second-order valence-electron chi connectivity index (χ2n) is 15.3. The number of hydrogen-bond donors (Lipinski definition) is 0. The quantitative estimate of drug-likeness (QED) is 0.158. The van der Waals surface area contributed by atoms with Gasteiger partial charge in [0.15, 0.2) is 0 Å². The summed E-state index contributed by atoms with van der Waals surface area (Å²) in [5.41, 5.74) is 12.6. The second kappa shape index (κ2) is 12.6. The van der Waals surface area contributed by atoms with Crippen LogP contribution in [-0.4, -0.2) is 22.2 Å². The standard InChI is InChI=1S/C50H39N3Si/c1-54(2,3)40-26-24-39(25-27-40)52-46-20-12-11-19-42(46)44-30-36(23-29-48(44)52)37-22-28-43-41-18-10-13-21-47(41)53(49(43)32-37)50-33-38(34-14-6-4-7-15-34)31-45(51-50)35-16-8-5-9-17-35/h4-33H,1-3H3. The van der Waals surface area contributed by atoms with Gasteiger partial charge in [0.1, 0.15) is 5.82 Å². The van der Waals surface area contributed by atoms with Gasteiger partial charge < -0.3 is 4.57 Å². The predicted octanol–water partition coefficient (Wildman–Crippen LogP) is 12.8. The molecule has 3 aromatic heterocycles. The predicted molar refractivity (Wildman–Crippen MR) is 232 cm³/mol. The van der Waals surface area contributed by atoms with Gasteiger partial charge >= 0.3 is 0 Å². The van der Waals surface area contributed by atoms with Crippen molar-refractivity contribution >= 4 is 56.9 Å². The monoisotopic (exact) mass is 709 g/mol. The Hall–Kier alpha value is -6.49. The molecule has 10 rings (SSSR count). The summed E-state index contributed by atoms with van der Waals surface area (Å²) >= 11 is 0. The Labute approximate surface area is 316 Å². The molecule has 0 N–H and O–H groups in total. The molecule has 10 aromatic rings. The van der Waals surface area contributed by atoms with Crippen molar-refractivity contribution in [1.29, 1.82) is 0 Å². The van der Waals surface area contributed by atoms with E-state index < -0.39 is 8.07 Å². The van der Waals surface area contributed by atoms with Crippen LogP contribution < -0.4 is 5.19 Å². The lowest BCUT2D eigenvalue weighted by molar-refractivity contribution is 1.08. The van der Waals surface area contributed by atoms with E-state index in [4.69, 9.17) is 4.98 Å². The van der Waals surface area contributed by atoms with Crippen LogP contribution in [0.1, 0.15) is 0 Å². The molecule has 0 atom stereocenters. The fourth-order valence-corrected chi connectivity index (χ4v) is 9.29. The van der Waals surface area contributed by atoms with Crippen LogP contribution in [0.25, 0.3) is 88.6 Å². The van der Waals surface area contributed by atoms with Crippen LogP contribution in [0, 0.1) is 0 Å². The minimum absolute atomic E-state index is 0.900. The summed E-state index contributed by atoms with van der Waals surface area (Å²) in [5, 5.41) is 6.41. The molecule has 0 bridgehead atoms. The molecule has 4 heteroatoms. The molecule has 3 heterocycles. The second-order valence-corrected chi connectivity index (χ2v) is 20.4. The van der Waals surface area contributed by atoms with Crippen molar-refractivity contribution in [3.05, 3.63) is 182 Å². The summed E-state index contributed by atoms with van der Waals surface area (Å²) in [7, 11) is -1.40. The van der Waals surface area contributed by atoms with E-state index in [1.165, 1.54) is 60.1 Å². The topological polar surface area (TPSA) is 22.8 Å². The first-order valence-corrected chi connectivity index (χ1v) is 22.2. The maximum Gasteiger partial charge on any atom is 0.138 e. The van der Waals surface area contributed by atoms with Gasteiger partial charge in [-0.25, -0.2) is 4.98 Å². The molecule has 0 aliphatic rings. The Morgan fingerprint density at radius 1 is 0.370 bits per heavy atom. The highest BCUT2D eigenvalue weighted by molar-refractivity contribution is 6.88. The molecule has 0 fully saturated rings. The van der Waals surface area contributed by atoms with Gasteiger partial charge in [-0.05, 0) is 76.9 Å². The van der Waals surface area contributed by atoms with E-state index in [1.54, 1.807) is 0 Å². The molecule has 0 unspecified atom stereocenters. The van der Waals surface area contributed by atoms with Crippen LogP contribution in [0.15, 0.2) is 182 Å². The molecule has 0 aliphatic carbocycles.